The largest absolute Gasteiger partial charge is 0.330 e. The first-order valence-electron chi connectivity index (χ1n) is 7.77. The van der Waals surface area contributed by atoms with Crippen molar-refractivity contribution in [2.75, 3.05) is 6.54 Å². The van der Waals surface area contributed by atoms with Crippen molar-refractivity contribution < 1.29 is 0 Å². The van der Waals surface area contributed by atoms with Gasteiger partial charge in [-0.15, -0.1) is 0 Å². The first-order valence-corrected chi connectivity index (χ1v) is 7.77. The Morgan fingerprint density at radius 2 is 1.12 bits per heavy atom. The molecule has 0 heterocycles. The van der Waals surface area contributed by atoms with Crippen molar-refractivity contribution in [3.05, 3.63) is 12.2 Å². The van der Waals surface area contributed by atoms with Crippen LogP contribution >= 0.6 is 0 Å². The number of rotatable bonds is 13. The highest BCUT2D eigenvalue weighted by molar-refractivity contribution is 4.79. The van der Waals surface area contributed by atoms with Gasteiger partial charge in [-0.2, -0.15) is 0 Å². The van der Waals surface area contributed by atoms with Gasteiger partial charge in [0.15, 0.2) is 0 Å². The van der Waals surface area contributed by atoms with Crippen LogP contribution in [0, 0.1) is 0 Å². The van der Waals surface area contributed by atoms with Crippen molar-refractivity contribution in [1.82, 2.24) is 0 Å². The number of nitrogens with two attached hydrogens (primary N) is 1. The van der Waals surface area contributed by atoms with E-state index >= 15 is 0 Å². The molecule has 0 fully saturated rings. The summed E-state index contributed by atoms with van der Waals surface area (Å²) in [5, 5.41) is 0. The average molecular weight is 239 g/mol. The molecular weight excluding hydrogens is 206 g/mol. The summed E-state index contributed by atoms with van der Waals surface area (Å²) in [6, 6.07) is 0. The molecule has 0 amide bonds. The second-order valence-corrected chi connectivity index (χ2v) is 4.99. The van der Waals surface area contributed by atoms with Crippen LogP contribution in [0.1, 0.15) is 84.0 Å². The summed E-state index contributed by atoms with van der Waals surface area (Å²) in [5.74, 6) is 0. The van der Waals surface area contributed by atoms with Crippen molar-refractivity contribution in [2.45, 2.75) is 84.0 Å². The fraction of sp³-hybridized carbons (Fsp3) is 0.875. The summed E-state index contributed by atoms with van der Waals surface area (Å²) in [6.07, 6.45) is 21.0. The van der Waals surface area contributed by atoms with Gasteiger partial charge in [0.2, 0.25) is 0 Å². The molecular formula is C16H33N. The van der Waals surface area contributed by atoms with Crippen LogP contribution in [0.5, 0.6) is 0 Å². The van der Waals surface area contributed by atoms with Gasteiger partial charge in [-0.25, -0.2) is 0 Å². The molecule has 0 radical (unpaired) electrons. The van der Waals surface area contributed by atoms with E-state index in [0.29, 0.717) is 0 Å². The molecule has 0 aliphatic carbocycles. The molecule has 1 heteroatoms. The summed E-state index contributed by atoms with van der Waals surface area (Å²) in [7, 11) is 0. The van der Waals surface area contributed by atoms with E-state index in [2.05, 4.69) is 19.1 Å². The lowest BCUT2D eigenvalue weighted by Gasteiger charge is -2.01. The van der Waals surface area contributed by atoms with E-state index in [9.17, 15) is 0 Å². The lowest BCUT2D eigenvalue weighted by atomic mass is 10.1. The maximum atomic E-state index is 5.46. The molecule has 0 spiro atoms. The highest BCUT2D eigenvalue weighted by Crippen LogP contribution is 2.11. The molecule has 0 unspecified atom stereocenters. The molecule has 2 N–H and O–H groups in total. The number of hydrogen-bond donors (Lipinski definition) is 1. The van der Waals surface area contributed by atoms with E-state index in [1.165, 1.54) is 77.0 Å². The quantitative estimate of drug-likeness (QED) is 0.347. The Kier molecular flexibility index (Phi) is 15.4. The summed E-state index contributed by atoms with van der Waals surface area (Å²) in [6.45, 7) is 3.07. The van der Waals surface area contributed by atoms with Crippen LogP contribution in [-0.4, -0.2) is 6.54 Å². The molecule has 0 rings (SSSR count). The Balaban J connectivity index is 2.91. The zero-order chi connectivity index (χ0) is 12.6. The van der Waals surface area contributed by atoms with Crippen LogP contribution in [0.15, 0.2) is 12.2 Å². The maximum Gasteiger partial charge on any atom is -0.00773 e. The van der Waals surface area contributed by atoms with Crippen molar-refractivity contribution >= 4 is 0 Å². The first kappa shape index (κ1) is 16.7. The third kappa shape index (κ3) is 15.7. The Morgan fingerprint density at radius 1 is 0.647 bits per heavy atom. The zero-order valence-electron chi connectivity index (χ0n) is 11.9. The summed E-state index contributed by atoms with van der Waals surface area (Å²) >= 11 is 0. The zero-order valence-corrected chi connectivity index (χ0v) is 11.9. The van der Waals surface area contributed by atoms with Crippen LogP contribution in [0.2, 0.25) is 0 Å². The first-order chi connectivity index (χ1) is 8.41. The maximum absolute atomic E-state index is 5.46. The SMILES string of the molecule is CCC=CCCCCCCCCCCCCN. The topological polar surface area (TPSA) is 26.0 Å². The van der Waals surface area contributed by atoms with E-state index in [4.69, 9.17) is 5.73 Å². The average Bonchev–Trinajstić information content (AvgIpc) is 2.35. The lowest BCUT2D eigenvalue weighted by Crippen LogP contribution is -1.97. The second-order valence-electron chi connectivity index (χ2n) is 4.99. The molecule has 1 nitrogen and oxygen atoms in total. The Hall–Kier alpha value is -0.300. The predicted molar refractivity (Wildman–Crippen MR) is 79.3 cm³/mol. The minimum absolute atomic E-state index is 0.868. The summed E-state index contributed by atoms with van der Waals surface area (Å²) in [4.78, 5) is 0. The number of unbranched alkanes of at least 4 members (excludes halogenated alkanes) is 10. The molecule has 0 saturated heterocycles. The van der Waals surface area contributed by atoms with Gasteiger partial charge in [-0.05, 0) is 32.2 Å². The smallest absolute Gasteiger partial charge is 0.00773 e. The van der Waals surface area contributed by atoms with Gasteiger partial charge in [0, 0.05) is 0 Å². The van der Waals surface area contributed by atoms with E-state index in [1.54, 1.807) is 0 Å². The van der Waals surface area contributed by atoms with E-state index in [1.807, 2.05) is 0 Å². The third-order valence-electron chi connectivity index (χ3n) is 3.23. The van der Waals surface area contributed by atoms with E-state index < -0.39 is 0 Å². The molecule has 17 heavy (non-hydrogen) atoms. The highest BCUT2D eigenvalue weighted by Gasteiger charge is 1.92. The van der Waals surface area contributed by atoms with Gasteiger partial charge < -0.3 is 5.73 Å². The van der Waals surface area contributed by atoms with Crippen LogP contribution in [-0.2, 0) is 0 Å². The molecule has 0 aliphatic heterocycles. The number of hydrogen-bond acceptors (Lipinski definition) is 1. The molecule has 0 atom stereocenters. The third-order valence-corrected chi connectivity index (χ3v) is 3.23. The summed E-state index contributed by atoms with van der Waals surface area (Å²) < 4.78 is 0. The second kappa shape index (κ2) is 15.7. The van der Waals surface area contributed by atoms with Crippen molar-refractivity contribution in [3.8, 4) is 0 Å². The molecule has 0 aliphatic rings. The fourth-order valence-corrected chi connectivity index (χ4v) is 2.11. The van der Waals surface area contributed by atoms with Crippen molar-refractivity contribution in [1.29, 1.82) is 0 Å². The van der Waals surface area contributed by atoms with Gasteiger partial charge in [-0.3, -0.25) is 0 Å². The Bertz CT molecular complexity index is 152. The van der Waals surface area contributed by atoms with Gasteiger partial charge in [0.05, 0.1) is 0 Å². The molecule has 0 bridgehead atoms. The van der Waals surface area contributed by atoms with E-state index in [-0.39, 0.29) is 0 Å². The van der Waals surface area contributed by atoms with Crippen molar-refractivity contribution in [3.63, 3.8) is 0 Å². The van der Waals surface area contributed by atoms with Gasteiger partial charge in [-0.1, -0.05) is 70.4 Å². The molecule has 0 aromatic rings. The lowest BCUT2D eigenvalue weighted by molar-refractivity contribution is 0.554. The van der Waals surface area contributed by atoms with Crippen LogP contribution < -0.4 is 5.73 Å². The number of allylic oxidation sites excluding steroid dienone is 2. The molecule has 102 valence electrons. The van der Waals surface area contributed by atoms with Gasteiger partial charge in [0.25, 0.3) is 0 Å². The minimum Gasteiger partial charge on any atom is -0.330 e. The standard InChI is InChI=1S/C16H33N/c1-2-3-4-5-6-7-8-9-10-11-12-13-14-15-16-17/h3-4H,2,5-17H2,1H3. The Labute approximate surface area is 109 Å². The molecule has 0 aromatic heterocycles. The van der Waals surface area contributed by atoms with Crippen LogP contribution in [0.4, 0.5) is 0 Å². The van der Waals surface area contributed by atoms with Gasteiger partial charge >= 0.3 is 0 Å². The van der Waals surface area contributed by atoms with Gasteiger partial charge in [0.1, 0.15) is 0 Å². The normalized spacial score (nSPS) is 11.4. The molecule has 0 aromatic carbocycles. The monoisotopic (exact) mass is 239 g/mol. The van der Waals surface area contributed by atoms with Crippen molar-refractivity contribution in [2.24, 2.45) is 5.73 Å². The highest BCUT2D eigenvalue weighted by atomic mass is 14.5. The Morgan fingerprint density at radius 3 is 1.59 bits per heavy atom. The van der Waals surface area contributed by atoms with Crippen LogP contribution in [0.25, 0.3) is 0 Å². The van der Waals surface area contributed by atoms with E-state index in [0.717, 1.165) is 6.54 Å². The summed E-state index contributed by atoms with van der Waals surface area (Å²) in [5.41, 5.74) is 5.46. The predicted octanol–water partition coefficient (Wildman–Crippen LogP) is 5.20. The molecule has 0 saturated carbocycles. The van der Waals surface area contributed by atoms with Crippen LogP contribution in [0.3, 0.4) is 0 Å². The fourth-order valence-electron chi connectivity index (χ4n) is 2.11. The minimum atomic E-state index is 0.868.